The van der Waals surface area contributed by atoms with Gasteiger partial charge in [-0.3, -0.25) is 10.1 Å². The van der Waals surface area contributed by atoms with E-state index in [9.17, 15) is 10.1 Å². The van der Waals surface area contributed by atoms with Crippen LogP contribution in [0.15, 0.2) is 28.8 Å². The molecule has 94 valence electrons. The quantitative estimate of drug-likeness (QED) is 0.655. The molecule has 1 heterocycles. The molecule has 0 fully saturated rings. The predicted octanol–water partition coefficient (Wildman–Crippen LogP) is 1.84. The van der Waals surface area contributed by atoms with Gasteiger partial charge in [0.1, 0.15) is 5.56 Å². The molecule has 0 atom stereocenters. The zero-order valence-electron chi connectivity index (χ0n) is 9.95. The van der Waals surface area contributed by atoms with Crippen LogP contribution in [-0.4, -0.2) is 15.1 Å². The summed E-state index contributed by atoms with van der Waals surface area (Å²) in [5, 5.41) is 14.6. The van der Waals surface area contributed by atoms with Crippen molar-refractivity contribution in [1.29, 1.82) is 0 Å². The molecule has 0 amide bonds. The lowest BCUT2D eigenvalue weighted by Crippen LogP contribution is -2.30. The maximum Gasteiger partial charge on any atom is 0.282 e. The van der Waals surface area contributed by atoms with Crippen LogP contribution < -0.4 is 5.73 Å². The molecule has 0 aliphatic heterocycles. The maximum absolute atomic E-state index is 10.9. The van der Waals surface area contributed by atoms with E-state index < -0.39 is 10.5 Å². The van der Waals surface area contributed by atoms with Crippen LogP contribution in [0.3, 0.4) is 0 Å². The molecule has 0 unspecified atom stereocenters. The largest absolute Gasteiger partial charge is 0.334 e. The van der Waals surface area contributed by atoms with E-state index in [1.165, 1.54) is 6.07 Å². The Morgan fingerprint density at radius 1 is 1.39 bits per heavy atom. The molecule has 0 spiro atoms. The van der Waals surface area contributed by atoms with Crippen LogP contribution in [-0.2, 0) is 5.54 Å². The highest BCUT2D eigenvalue weighted by atomic mass is 16.6. The van der Waals surface area contributed by atoms with Gasteiger partial charge in [-0.05, 0) is 19.9 Å². The third kappa shape index (κ3) is 2.21. The van der Waals surface area contributed by atoms with Crippen LogP contribution in [0.2, 0.25) is 0 Å². The zero-order valence-corrected chi connectivity index (χ0v) is 9.95. The van der Waals surface area contributed by atoms with E-state index in [1.807, 2.05) is 0 Å². The standard InChI is InChI=1S/C11H12N4O3/c1-11(2,12)10-13-9(18-14-10)7-5-3-4-6-8(7)15(16)17/h3-6H,12H2,1-2H3. The summed E-state index contributed by atoms with van der Waals surface area (Å²) >= 11 is 0. The second-order valence-corrected chi connectivity index (χ2v) is 4.42. The first-order valence-electron chi connectivity index (χ1n) is 5.26. The first kappa shape index (κ1) is 12.2. The SMILES string of the molecule is CC(C)(N)c1noc(-c2ccccc2[N+](=O)[O-])n1. The molecule has 7 heteroatoms. The van der Waals surface area contributed by atoms with Crippen LogP contribution in [0, 0.1) is 10.1 Å². The van der Waals surface area contributed by atoms with Crippen molar-refractivity contribution in [3.05, 3.63) is 40.2 Å². The molecule has 0 saturated carbocycles. The maximum atomic E-state index is 10.9. The minimum absolute atomic E-state index is 0.0810. The van der Waals surface area contributed by atoms with Crippen molar-refractivity contribution in [2.75, 3.05) is 0 Å². The van der Waals surface area contributed by atoms with E-state index in [1.54, 1.807) is 32.0 Å². The summed E-state index contributed by atoms with van der Waals surface area (Å²) in [7, 11) is 0. The Morgan fingerprint density at radius 3 is 2.61 bits per heavy atom. The molecule has 2 aromatic rings. The molecule has 1 aromatic heterocycles. The summed E-state index contributed by atoms with van der Waals surface area (Å²) in [6.07, 6.45) is 0. The molecule has 0 aliphatic carbocycles. The first-order chi connectivity index (χ1) is 8.39. The van der Waals surface area contributed by atoms with Gasteiger partial charge in [0.2, 0.25) is 0 Å². The molecule has 0 radical (unpaired) electrons. The van der Waals surface area contributed by atoms with Crippen molar-refractivity contribution in [2.24, 2.45) is 5.73 Å². The monoisotopic (exact) mass is 248 g/mol. The number of nitro benzene ring substituents is 1. The van der Waals surface area contributed by atoms with Gasteiger partial charge in [-0.15, -0.1) is 0 Å². The highest BCUT2D eigenvalue weighted by molar-refractivity contribution is 5.66. The minimum Gasteiger partial charge on any atom is -0.334 e. The number of benzene rings is 1. The fourth-order valence-corrected chi connectivity index (χ4v) is 1.41. The Morgan fingerprint density at radius 2 is 2.06 bits per heavy atom. The number of nitro groups is 1. The van der Waals surface area contributed by atoms with Crippen molar-refractivity contribution in [1.82, 2.24) is 10.1 Å². The van der Waals surface area contributed by atoms with Crippen LogP contribution in [0.4, 0.5) is 5.69 Å². The lowest BCUT2D eigenvalue weighted by molar-refractivity contribution is -0.384. The van der Waals surface area contributed by atoms with Crippen LogP contribution in [0.5, 0.6) is 0 Å². The Kier molecular flexibility index (Phi) is 2.84. The Balaban J connectivity index is 2.50. The van der Waals surface area contributed by atoms with Crippen LogP contribution in [0.1, 0.15) is 19.7 Å². The molecule has 7 nitrogen and oxygen atoms in total. The van der Waals surface area contributed by atoms with E-state index >= 15 is 0 Å². The summed E-state index contributed by atoms with van der Waals surface area (Å²) in [6.45, 7) is 3.45. The van der Waals surface area contributed by atoms with Gasteiger partial charge >= 0.3 is 0 Å². The average Bonchev–Trinajstić information content (AvgIpc) is 2.77. The molecule has 2 N–H and O–H groups in total. The minimum atomic E-state index is -0.759. The normalized spacial score (nSPS) is 11.5. The Labute approximate surface area is 103 Å². The predicted molar refractivity (Wildman–Crippen MR) is 63.6 cm³/mol. The summed E-state index contributed by atoms with van der Waals surface area (Å²) in [6, 6.07) is 6.18. The van der Waals surface area contributed by atoms with Crippen molar-refractivity contribution < 1.29 is 9.45 Å². The van der Waals surface area contributed by atoms with E-state index in [2.05, 4.69) is 10.1 Å². The molecule has 0 bridgehead atoms. The van der Waals surface area contributed by atoms with Crippen LogP contribution >= 0.6 is 0 Å². The van der Waals surface area contributed by atoms with Gasteiger partial charge in [0.25, 0.3) is 11.6 Å². The third-order valence-corrected chi connectivity index (χ3v) is 2.33. The van der Waals surface area contributed by atoms with Gasteiger partial charge in [-0.2, -0.15) is 4.98 Å². The van der Waals surface area contributed by atoms with Crippen molar-refractivity contribution >= 4 is 5.69 Å². The smallest absolute Gasteiger partial charge is 0.282 e. The third-order valence-electron chi connectivity index (χ3n) is 2.33. The topological polar surface area (TPSA) is 108 Å². The van der Waals surface area contributed by atoms with E-state index in [0.29, 0.717) is 5.82 Å². The second-order valence-electron chi connectivity index (χ2n) is 4.42. The fourth-order valence-electron chi connectivity index (χ4n) is 1.41. The van der Waals surface area contributed by atoms with Crippen LogP contribution in [0.25, 0.3) is 11.5 Å². The highest BCUT2D eigenvalue weighted by Crippen LogP contribution is 2.29. The zero-order chi connectivity index (χ0) is 13.3. The number of rotatable bonds is 3. The molecule has 18 heavy (non-hydrogen) atoms. The molecular formula is C11H12N4O3. The second kappa shape index (κ2) is 4.19. The summed E-state index contributed by atoms with van der Waals surface area (Å²) in [5.41, 5.74) is 5.27. The van der Waals surface area contributed by atoms with Crippen molar-refractivity contribution in [2.45, 2.75) is 19.4 Å². The molecule has 0 saturated heterocycles. The number of nitrogens with two attached hydrogens (primary N) is 1. The van der Waals surface area contributed by atoms with Gasteiger partial charge in [0.15, 0.2) is 5.82 Å². The lowest BCUT2D eigenvalue weighted by Gasteiger charge is -2.11. The molecule has 1 aromatic carbocycles. The Hall–Kier alpha value is -2.28. The van der Waals surface area contributed by atoms with Gasteiger partial charge in [0, 0.05) is 6.07 Å². The summed E-state index contributed by atoms with van der Waals surface area (Å²) in [5.74, 6) is 0.395. The molecular weight excluding hydrogens is 236 g/mol. The lowest BCUT2D eigenvalue weighted by atomic mass is 10.1. The molecule has 2 rings (SSSR count). The van der Waals surface area contributed by atoms with Crippen molar-refractivity contribution in [3.63, 3.8) is 0 Å². The first-order valence-corrected chi connectivity index (χ1v) is 5.26. The van der Waals surface area contributed by atoms with Crippen molar-refractivity contribution in [3.8, 4) is 11.5 Å². The summed E-state index contributed by atoms with van der Waals surface area (Å²) in [4.78, 5) is 14.5. The van der Waals surface area contributed by atoms with E-state index in [0.717, 1.165) is 0 Å². The van der Waals surface area contributed by atoms with Gasteiger partial charge in [-0.1, -0.05) is 17.3 Å². The van der Waals surface area contributed by atoms with E-state index in [-0.39, 0.29) is 17.1 Å². The number of hydrogen-bond donors (Lipinski definition) is 1. The number of nitrogens with zero attached hydrogens (tertiary/aromatic N) is 3. The number of para-hydroxylation sites is 1. The van der Waals surface area contributed by atoms with Gasteiger partial charge in [-0.25, -0.2) is 0 Å². The Bertz CT molecular complexity index is 586. The summed E-state index contributed by atoms with van der Waals surface area (Å²) < 4.78 is 5.02. The number of hydrogen-bond acceptors (Lipinski definition) is 6. The number of aromatic nitrogens is 2. The van der Waals surface area contributed by atoms with E-state index in [4.69, 9.17) is 10.3 Å². The van der Waals surface area contributed by atoms with Gasteiger partial charge < -0.3 is 10.3 Å². The fraction of sp³-hybridized carbons (Fsp3) is 0.273. The molecule has 0 aliphatic rings. The van der Waals surface area contributed by atoms with Gasteiger partial charge in [0.05, 0.1) is 10.5 Å². The average molecular weight is 248 g/mol. The highest BCUT2D eigenvalue weighted by Gasteiger charge is 2.25.